The van der Waals surface area contributed by atoms with E-state index in [1.165, 1.54) is 47.9 Å². The van der Waals surface area contributed by atoms with Crippen LogP contribution in [0.15, 0.2) is 9.95 Å². The van der Waals surface area contributed by atoms with Gasteiger partial charge in [0, 0.05) is 18.0 Å². The summed E-state index contributed by atoms with van der Waals surface area (Å²) in [5, 5.41) is 4.60. The smallest absolute Gasteiger partial charge is 0.263 e. The zero-order chi connectivity index (χ0) is 21.1. The number of nitrogens with one attached hydrogen (secondary N) is 1. The summed E-state index contributed by atoms with van der Waals surface area (Å²) >= 11 is 3.02. The van der Waals surface area contributed by atoms with Gasteiger partial charge in [-0.05, 0) is 50.0 Å². The molecule has 0 aliphatic heterocycles. The maximum absolute atomic E-state index is 13.4. The molecule has 0 radical (unpaired) electrons. The molecule has 0 aromatic carbocycles. The first kappa shape index (κ1) is 21.8. The fourth-order valence-electron chi connectivity index (χ4n) is 4.62. The highest BCUT2D eigenvalue weighted by atomic mass is 32.2. The zero-order valence-electron chi connectivity index (χ0n) is 17.9. The Hall–Kier alpha value is -1.38. The Balaban J connectivity index is 1.56. The Morgan fingerprint density at radius 3 is 2.87 bits per heavy atom. The summed E-state index contributed by atoms with van der Waals surface area (Å²) in [6, 6.07) is 0.266. The van der Waals surface area contributed by atoms with Crippen LogP contribution in [0.3, 0.4) is 0 Å². The largest absolute Gasteiger partial charge is 0.383 e. The predicted molar refractivity (Wildman–Crippen MR) is 123 cm³/mol. The second kappa shape index (κ2) is 9.83. The summed E-state index contributed by atoms with van der Waals surface area (Å²) < 4.78 is 6.93. The molecule has 2 aromatic heterocycles. The summed E-state index contributed by atoms with van der Waals surface area (Å²) in [6.45, 7) is 3.11. The van der Waals surface area contributed by atoms with Crippen molar-refractivity contribution in [3.8, 4) is 0 Å². The van der Waals surface area contributed by atoms with Gasteiger partial charge in [0.05, 0.1) is 24.3 Å². The van der Waals surface area contributed by atoms with Crippen LogP contribution in [0.2, 0.25) is 0 Å². The van der Waals surface area contributed by atoms with Gasteiger partial charge in [-0.25, -0.2) is 4.98 Å². The number of carbonyl (C=O) groups excluding carboxylic acids is 1. The minimum absolute atomic E-state index is 0.0141. The molecule has 0 saturated heterocycles. The number of rotatable bonds is 7. The SMILES string of the molecule is COCCn1c(SCC(=O)N[C@@H]2CCCC[C@@H]2C)nc2sc3c(c2c1=O)CCCC3. The number of fused-ring (bicyclic) bond motifs is 3. The quantitative estimate of drug-likeness (QED) is 0.515. The number of ether oxygens (including phenoxy) is 1. The van der Waals surface area contributed by atoms with Gasteiger partial charge in [0.1, 0.15) is 4.83 Å². The van der Waals surface area contributed by atoms with Crippen LogP contribution >= 0.6 is 23.1 Å². The number of carbonyl (C=O) groups is 1. The number of aromatic nitrogens is 2. The van der Waals surface area contributed by atoms with E-state index in [-0.39, 0.29) is 23.3 Å². The predicted octanol–water partition coefficient (Wildman–Crippen LogP) is 3.77. The summed E-state index contributed by atoms with van der Waals surface area (Å²) in [5.74, 6) is 0.829. The summed E-state index contributed by atoms with van der Waals surface area (Å²) in [5.41, 5.74) is 1.21. The zero-order valence-corrected chi connectivity index (χ0v) is 19.5. The Morgan fingerprint density at radius 1 is 1.27 bits per heavy atom. The van der Waals surface area contributed by atoms with Gasteiger partial charge in [0.25, 0.3) is 5.56 Å². The van der Waals surface area contributed by atoms with Crippen LogP contribution in [0.1, 0.15) is 55.9 Å². The van der Waals surface area contributed by atoms with E-state index in [1.807, 2.05) is 0 Å². The maximum Gasteiger partial charge on any atom is 0.263 e. The molecule has 30 heavy (non-hydrogen) atoms. The molecule has 0 unspecified atom stereocenters. The molecule has 4 rings (SSSR count). The van der Waals surface area contributed by atoms with Gasteiger partial charge in [-0.15, -0.1) is 11.3 Å². The first-order valence-electron chi connectivity index (χ1n) is 11.0. The number of aryl methyl sites for hydroxylation is 2. The Kier molecular flexibility index (Phi) is 7.16. The number of thiophene rings is 1. The number of hydrogen-bond acceptors (Lipinski definition) is 6. The minimum Gasteiger partial charge on any atom is -0.383 e. The monoisotopic (exact) mass is 449 g/mol. The van der Waals surface area contributed by atoms with Crippen molar-refractivity contribution in [2.75, 3.05) is 19.5 Å². The second-order valence-electron chi connectivity index (χ2n) is 8.46. The minimum atomic E-state index is 0.0141. The molecule has 0 bridgehead atoms. The molecule has 6 nitrogen and oxygen atoms in total. The average Bonchev–Trinajstić information content (AvgIpc) is 3.12. The van der Waals surface area contributed by atoms with E-state index in [2.05, 4.69) is 12.2 Å². The van der Waals surface area contributed by atoms with Crippen LogP contribution in [0, 0.1) is 5.92 Å². The summed E-state index contributed by atoms with van der Waals surface area (Å²) in [6.07, 6.45) is 8.98. The van der Waals surface area contributed by atoms with Crippen LogP contribution in [-0.2, 0) is 28.9 Å². The van der Waals surface area contributed by atoms with E-state index in [4.69, 9.17) is 9.72 Å². The fraction of sp³-hybridized carbons (Fsp3) is 0.682. The molecule has 1 saturated carbocycles. The lowest BCUT2D eigenvalue weighted by atomic mass is 9.86. The van der Waals surface area contributed by atoms with E-state index in [0.29, 0.717) is 24.2 Å². The summed E-state index contributed by atoms with van der Waals surface area (Å²) in [4.78, 5) is 32.9. The van der Waals surface area contributed by atoms with E-state index in [1.54, 1.807) is 23.0 Å². The first-order chi connectivity index (χ1) is 14.6. The van der Waals surface area contributed by atoms with Gasteiger partial charge in [0.2, 0.25) is 5.91 Å². The summed E-state index contributed by atoms with van der Waals surface area (Å²) in [7, 11) is 1.63. The molecule has 2 heterocycles. The highest BCUT2D eigenvalue weighted by Gasteiger charge is 2.24. The van der Waals surface area contributed by atoms with Crippen molar-refractivity contribution in [1.82, 2.24) is 14.9 Å². The first-order valence-corrected chi connectivity index (χ1v) is 12.8. The van der Waals surface area contributed by atoms with Gasteiger partial charge < -0.3 is 10.1 Å². The average molecular weight is 450 g/mol. The molecular formula is C22H31N3O3S2. The van der Waals surface area contributed by atoms with Crippen molar-refractivity contribution in [2.24, 2.45) is 5.92 Å². The highest BCUT2D eigenvalue weighted by Crippen LogP contribution is 2.34. The van der Waals surface area contributed by atoms with E-state index in [0.717, 1.165) is 35.9 Å². The van der Waals surface area contributed by atoms with Crippen LogP contribution in [-0.4, -0.2) is 41.0 Å². The van der Waals surface area contributed by atoms with Crippen LogP contribution in [0.5, 0.6) is 0 Å². The Bertz CT molecular complexity index is 969. The van der Waals surface area contributed by atoms with Gasteiger partial charge in [-0.1, -0.05) is 31.5 Å². The van der Waals surface area contributed by atoms with Crippen molar-refractivity contribution in [2.45, 2.75) is 76.0 Å². The number of amides is 1. The van der Waals surface area contributed by atoms with Crippen molar-refractivity contribution < 1.29 is 9.53 Å². The highest BCUT2D eigenvalue weighted by molar-refractivity contribution is 7.99. The third kappa shape index (κ3) is 4.60. The number of nitrogens with zero attached hydrogens (tertiary/aromatic N) is 2. The normalized spacial score (nSPS) is 21.5. The molecule has 1 amide bonds. The molecule has 2 aromatic rings. The second-order valence-corrected chi connectivity index (χ2v) is 10.5. The number of hydrogen-bond donors (Lipinski definition) is 1. The Morgan fingerprint density at radius 2 is 2.07 bits per heavy atom. The molecule has 2 aliphatic rings. The fourth-order valence-corrected chi connectivity index (χ4v) is 6.76. The molecular weight excluding hydrogens is 418 g/mol. The van der Waals surface area contributed by atoms with Crippen molar-refractivity contribution in [3.05, 3.63) is 20.8 Å². The molecule has 0 spiro atoms. The van der Waals surface area contributed by atoms with Crippen LogP contribution in [0.4, 0.5) is 0 Å². The van der Waals surface area contributed by atoms with E-state index in [9.17, 15) is 9.59 Å². The maximum atomic E-state index is 13.4. The molecule has 2 aliphatic carbocycles. The topological polar surface area (TPSA) is 73.2 Å². The molecule has 8 heteroatoms. The van der Waals surface area contributed by atoms with E-state index < -0.39 is 0 Å². The van der Waals surface area contributed by atoms with Crippen molar-refractivity contribution in [1.29, 1.82) is 0 Å². The van der Waals surface area contributed by atoms with Crippen molar-refractivity contribution >= 4 is 39.2 Å². The van der Waals surface area contributed by atoms with Crippen LogP contribution in [0.25, 0.3) is 10.2 Å². The van der Waals surface area contributed by atoms with Crippen molar-refractivity contribution in [3.63, 3.8) is 0 Å². The number of methoxy groups -OCH3 is 1. The van der Waals surface area contributed by atoms with Gasteiger partial charge in [0.15, 0.2) is 5.16 Å². The van der Waals surface area contributed by atoms with E-state index >= 15 is 0 Å². The molecule has 1 fully saturated rings. The third-order valence-electron chi connectivity index (χ3n) is 6.35. The molecule has 1 N–H and O–H groups in total. The van der Waals surface area contributed by atoms with Gasteiger partial charge >= 0.3 is 0 Å². The molecule has 2 atom stereocenters. The van der Waals surface area contributed by atoms with Crippen LogP contribution < -0.4 is 10.9 Å². The lowest BCUT2D eigenvalue weighted by Crippen LogP contribution is -2.42. The Labute approximate surface area is 185 Å². The van der Waals surface area contributed by atoms with Gasteiger partial charge in [-0.2, -0.15) is 0 Å². The standard InChI is InChI=1S/C22H31N3O3S2/c1-14-7-3-5-9-16(14)23-18(26)13-29-22-24-20-19(21(27)25(22)11-12-28-2)15-8-4-6-10-17(15)30-20/h14,16H,3-13H2,1-2H3,(H,23,26)/t14-,16+/m0/s1. The van der Waals surface area contributed by atoms with Gasteiger partial charge in [-0.3, -0.25) is 14.2 Å². The lowest BCUT2D eigenvalue weighted by molar-refractivity contribution is -0.119. The molecule has 164 valence electrons. The number of thioether (sulfide) groups is 1. The third-order valence-corrected chi connectivity index (χ3v) is 8.51. The lowest BCUT2D eigenvalue weighted by Gasteiger charge is -2.29.